The lowest BCUT2D eigenvalue weighted by atomic mass is 9.82. The molecule has 0 aliphatic carbocycles. The quantitative estimate of drug-likeness (QED) is 0.461. The predicted octanol–water partition coefficient (Wildman–Crippen LogP) is 1.85. The Kier molecular flexibility index (Phi) is 5.62. The van der Waals surface area contributed by atoms with Crippen LogP contribution in [0.2, 0.25) is 0 Å². The van der Waals surface area contributed by atoms with Crippen molar-refractivity contribution >= 4 is 10.9 Å². The first-order valence-electron chi connectivity index (χ1n) is 13.0. The van der Waals surface area contributed by atoms with E-state index >= 15 is 0 Å². The van der Waals surface area contributed by atoms with E-state index in [0.29, 0.717) is 11.8 Å². The summed E-state index contributed by atoms with van der Waals surface area (Å²) in [7, 11) is 6.46. The summed E-state index contributed by atoms with van der Waals surface area (Å²) >= 11 is 0. The molecule has 180 valence electrons. The molecule has 2 bridgehead atoms. The van der Waals surface area contributed by atoms with Crippen molar-refractivity contribution in [2.75, 3.05) is 27.2 Å². The van der Waals surface area contributed by atoms with Crippen molar-refractivity contribution in [1.29, 1.82) is 0 Å². The smallest absolute Gasteiger partial charge is 0.258 e. The van der Waals surface area contributed by atoms with Crippen LogP contribution in [0.5, 0.6) is 0 Å². The molecule has 35 heavy (non-hydrogen) atoms. The standard InChI is InChI=1S/C30H34N4O/c1-31(2)17-22-8-4-5-9-25(22)27-12-13-28-23-14-21(16-34(28)30(27)35)15-33(19-23)20-24-18-32(3)29-11-7-6-10-26(24)29/h4-13,18,21,23H,14-17,19-20H2,1-3H3/p+2/t21-,23+/m0/s1. The number of aryl methyl sites for hydroxylation is 1. The summed E-state index contributed by atoms with van der Waals surface area (Å²) in [5.41, 5.74) is 7.35. The predicted molar refractivity (Wildman–Crippen MR) is 141 cm³/mol. The average Bonchev–Trinajstić information content (AvgIpc) is 3.15. The minimum absolute atomic E-state index is 0.191. The molecule has 2 aromatic heterocycles. The Morgan fingerprint density at radius 1 is 0.943 bits per heavy atom. The van der Waals surface area contributed by atoms with Gasteiger partial charge in [-0.2, -0.15) is 0 Å². The molecule has 1 unspecified atom stereocenters. The van der Waals surface area contributed by atoms with E-state index in [9.17, 15) is 4.79 Å². The van der Waals surface area contributed by atoms with Crippen LogP contribution in [0.4, 0.5) is 0 Å². The van der Waals surface area contributed by atoms with Gasteiger partial charge in [-0.25, -0.2) is 0 Å². The molecule has 0 amide bonds. The normalized spacial score (nSPS) is 21.4. The van der Waals surface area contributed by atoms with Crippen LogP contribution in [-0.2, 0) is 26.7 Å². The van der Waals surface area contributed by atoms with Crippen molar-refractivity contribution in [3.63, 3.8) is 0 Å². The molecule has 2 aliphatic heterocycles. The number of nitrogens with one attached hydrogen (secondary N) is 2. The van der Waals surface area contributed by atoms with E-state index in [1.165, 1.54) is 39.0 Å². The topological polar surface area (TPSA) is 35.8 Å². The second-order valence-electron chi connectivity index (χ2n) is 11.0. The van der Waals surface area contributed by atoms with Gasteiger partial charge in [0, 0.05) is 64.9 Å². The van der Waals surface area contributed by atoms with Crippen LogP contribution < -0.4 is 15.4 Å². The number of rotatable bonds is 5. The highest BCUT2D eigenvalue weighted by atomic mass is 16.1. The molecule has 2 aromatic carbocycles. The summed E-state index contributed by atoms with van der Waals surface area (Å²) < 4.78 is 4.36. The van der Waals surface area contributed by atoms with Gasteiger partial charge in [-0.3, -0.25) is 4.79 Å². The molecule has 2 aliphatic rings. The average molecular weight is 469 g/mol. The zero-order chi connectivity index (χ0) is 24.1. The number of fused-ring (bicyclic) bond motifs is 5. The van der Waals surface area contributed by atoms with Crippen molar-refractivity contribution in [3.05, 3.63) is 94.0 Å². The monoisotopic (exact) mass is 468 g/mol. The van der Waals surface area contributed by atoms with E-state index in [1.54, 1.807) is 4.90 Å². The molecule has 6 rings (SSSR count). The third-order valence-corrected chi connectivity index (χ3v) is 8.07. The number of benzene rings is 2. The SMILES string of the molecule is Cn1cc(C[NH+]2C[C@@H]3C[C@H](C2)c2ccc(-c4ccccc4C[NH+](C)C)c(=O)n2C3)c2ccccc21. The fourth-order valence-electron chi connectivity index (χ4n) is 6.67. The molecule has 0 spiro atoms. The van der Waals surface area contributed by atoms with Crippen LogP contribution in [0.1, 0.15) is 29.2 Å². The number of likely N-dealkylation sites (tertiary alicyclic amines) is 1. The number of hydrogen-bond acceptors (Lipinski definition) is 1. The summed E-state index contributed by atoms with van der Waals surface area (Å²) in [5, 5.41) is 1.37. The van der Waals surface area contributed by atoms with Crippen molar-refractivity contribution in [2.24, 2.45) is 13.0 Å². The van der Waals surface area contributed by atoms with Gasteiger partial charge < -0.3 is 18.9 Å². The largest absolute Gasteiger partial charge is 0.350 e. The van der Waals surface area contributed by atoms with Gasteiger partial charge in [0.2, 0.25) is 0 Å². The third kappa shape index (κ3) is 4.03. The highest BCUT2D eigenvalue weighted by molar-refractivity contribution is 5.83. The number of para-hydroxylation sites is 1. The van der Waals surface area contributed by atoms with Crippen molar-refractivity contribution < 1.29 is 9.80 Å². The number of aromatic nitrogens is 2. The first kappa shape index (κ1) is 22.3. The van der Waals surface area contributed by atoms with E-state index in [1.807, 2.05) is 0 Å². The molecule has 1 fully saturated rings. The van der Waals surface area contributed by atoms with E-state index in [4.69, 9.17) is 0 Å². The fraction of sp³-hybridized carbons (Fsp3) is 0.367. The van der Waals surface area contributed by atoms with Crippen LogP contribution in [0.3, 0.4) is 0 Å². The number of hydrogen-bond donors (Lipinski definition) is 2. The summed E-state index contributed by atoms with van der Waals surface area (Å²) in [6.07, 6.45) is 3.51. The van der Waals surface area contributed by atoms with Crippen molar-refractivity contribution in [3.8, 4) is 11.1 Å². The summed E-state index contributed by atoms with van der Waals surface area (Å²) in [6, 6.07) is 21.5. The zero-order valence-corrected chi connectivity index (χ0v) is 21.1. The Labute approximate surface area is 207 Å². The first-order chi connectivity index (χ1) is 17.0. The molecule has 1 saturated heterocycles. The second kappa shape index (κ2) is 8.81. The molecule has 0 saturated carbocycles. The van der Waals surface area contributed by atoms with E-state index in [2.05, 4.69) is 97.1 Å². The van der Waals surface area contributed by atoms with Gasteiger partial charge in [0.05, 0.1) is 27.2 Å². The molecular formula is C30H36N4O+2. The Morgan fingerprint density at radius 3 is 2.60 bits per heavy atom. The molecule has 3 atom stereocenters. The van der Waals surface area contributed by atoms with Crippen molar-refractivity contribution in [1.82, 2.24) is 9.13 Å². The van der Waals surface area contributed by atoms with Gasteiger partial charge in [-0.15, -0.1) is 0 Å². The van der Waals surface area contributed by atoms with E-state index in [-0.39, 0.29) is 5.56 Å². The highest BCUT2D eigenvalue weighted by Gasteiger charge is 2.38. The number of piperidine rings is 1. The van der Waals surface area contributed by atoms with Crippen LogP contribution >= 0.6 is 0 Å². The first-order valence-corrected chi connectivity index (χ1v) is 13.0. The van der Waals surface area contributed by atoms with Crippen molar-refractivity contribution in [2.45, 2.75) is 32.0 Å². The number of nitrogens with zero attached hydrogens (tertiary/aromatic N) is 2. The van der Waals surface area contributed by atoms with Gasteiger partial charge >= 0.3 is 0 Å². The molecular weight excluding hydrogens is 432 g/mol. The lowest BCUT2D eigenvalue weighted by Gasteiger charge is -2.40. The zero-order valence-electron chi connectivity index (χ0n) is 21.1. The Hall–Kier alpha value is -3.15. The minimum Gasteiger partial charge on any atom is -0.350 e. The van der Waals surface area contributed by atoms with Crippen LogP contribution in [0.25, 0.3) is 22.0 Å². The van der Waals surface area contributed by atoms with Crippen LogP contribution in [-0.4, -0.2) is 36.3 Å². The summed E-state index contributed by atoms with van der Waals surface area (Å²) in [6.45, 7) is 5.04. The number of quaternary nitrogens is 2. The maximum Gasteiger partial charge on any atom is 0.258 e. The van der Waals surface area contributed by atoms with E-state index < -0.39 is 0 Å². The fourth-order valence-corrected chi connectivity index (χ4v) is 6.67. The molecule has 5 heteroatoms. The minimum atomic E-state index is 0.191. The van der Waals surface area contributed by atoms with E-state index in [0.717, 1.165) is 43.9 Å². The Bertz CT molecular complexity index is 1450. The third-order valence-electron chi connectivity index (χ3n) is 8.07. The second-order valence-corrected chi connectivity index (χ2v) is 11.0. The lowest BCUT2D eigenvalue weighted by molar-refractivity contribution is -0.924. The Balaban J connectivity index is 1.30. The van der Waals surface area contributed by atoms with Gasteiger partial charge in [-0.05, 0) is 30.2 Å². The molecule has 4 heterocycles. The molecule has 4 aromatic rings. The van der Waals surface area contributed by atoms with Gasteiger partial charge in [0.25, 0.3) is 5.56 Å². The maximum absolute atomic E-state index is 13.8. The molecule has 0 radical (unpaired) electrons. The molecule has 5 nitrogen and oxygen atoms in total. The Morgan fingerprint density at radius 2 is 1.74 bits per heavy atom. The van der Waals surface area contributed by atoms with Crippen LogP contribution in [0.15, 0.2) is 71.7 Å². The highest BCUT2D eigenvalue weighted by Crippen LogP contribution is 2.32. The van der Waals surface area contributed by atoms with Crippen LogP contribution in [0, 0.1) is 5.92 Å². The number of pyridine rings is 1. The molecule has 2 N–H and O–H groups in total. The summed E-state index contributed by atoms with van der Waals surface area (Å²) in [4.78, 5) is 16.8. The van der Waals surface area contributed by atoms with Gasteiger partial charge in [-0.1, -0.05) is 42.5 Å². The van der Waals surface area contributed by atoms with Gasteiger partial charge in [0.15, 0.2) is 0 Å². The van der Waals surface area contributed by atoms with Gasteiger partial charge in [0.1, 0.15) is 13.1 Å². The lowest BCUT2D eigenvalue weighted by Crippen LogP contribution is -3.13. The maximum atomic E-state index is 13.8. The summed E-state index contributed by atoms with van der Waals surface area (Å²) in [5.74, 6) is 1.01.